The maximum absolute atomic E-state index is 11.8. The number of carbonyl (C=O) groups is 1. The molecule has 0 spiro atoms. The number of unbranched alkanes of at least 4 members (excludes halogenated alkanes) is 3. The van der Waals surface area contributed by atoms with Crippen LogP contribution in [0, 0.1) is 0 Å². The predicted octanol–water partition coefficient (Wildman–Crippen LogP) is 1.14. The number of hydrogen-bond acceptors (Lipinski definition) is 3. The number of piperidine rings is 1. The Morgan fingerprint density at radius 2 is 1.76 bits per heavy atom. The third-order valence-corrected chi connectivity index (χ3v) is 3.25. The summed E-state index contributed by atoms with van der Waals surface area (Å²) in [5.74, 6) is 0.250. The van der Waals surface area contributed by atoms with Gasteiger partial charge < -0.3 is 15.3 Å². The molecule has 0 aromatic heterocycles. The quantitative estimate of drug-likeness (QED) is 0.628. The van der Waals surface area contributed by atoms with Crippen molar-refractivity contribution in [3.63, 3.8) is 0 Å². The zero-order valence-electron chi connectivity index (χ0n) is 10.8. The van der Waals surface area contributed by atoms with Gasteiger partial charge in [-0.15, -0.1) is 0 Å². The minimum atomic E-state index is 0.250. The summed E-state index contributed by atoms with van der Waals surface area (Å²) in [4.78, 5) is 13.7. The van der Waals surface area contributed by atoms with Crippen LogP contribution >= 0.6 is 0 Å². The van der Waals surface area contributed by atoms with E-state index in [0.29, 0.717) is 13.2 Å². The number of amides is 1. The van der Waals surface area contributed by atoms with E-state index in [9.17, 15) is 4.79 Å². The molecule has 1 fully saturated rings. The molecular weight excluding hydrogens is 216 g/mol. The Morgan fingerprint density at radius 1 is 1.06 bits per heavy atom. The van der Waals surface area contributed by atoms with Crippen molar-refractivity contribution < 1.29 is 9.90 Å². The van der Waals surface area contributed by atoms with Gasteiger partial charge in [-0.2, -0.15) is 0 Å². The van der Waals surface area contributed by atoms with Gasteiger partial charge in [-0.3, -0.25) is 4.79 Å². The molecule has 0 radical (unpaired) electrons. The molecule has 1 aliphatic rings. The standard InChI is InChI=1S/C13H26N2O2/c16-11-7-2-1-4-8-14-12-13(17)15-9-5-3-6-10-15/h14,16H,1-12H2. The molecule has 1 amide bonds. The minimum Gasteiger partial charge on any atom is -0.396 e. The van der Waals surface area contributed by atoms with Gasteiger partial charge in [-0.25, -0.2) is 0 Å². The molecule has 100 valence electrons. The summed E-state index contributed by atoms with van der Waals surface area (Å²) in [5.41, 5.74) is 0. The highest BCUT2D eigenvalue weighted by molar-refractivity contribution is 5.78. The molecule has 1 aliphatic heterocycles. The first-order chi connectivity index (χ1) is 8.34. The minimum absolute atomic E-state index is 0.250. The van der Waals surface area contributed by atoms with E-state index in [0.717, 1.165) is 58.2 Å². The molecule has 0 aliphatic carbocycles. The number of nitrogens with zero attached hydrogens (tertiary/aromatic N) is 1. The van der Waals surface area contributed by atoms with E-state index in [1.54, 1.807) is 0 Å². The van der Waals surface area contributed by atoms with Crippen LogP contribution in [0.5, 0.6) is 0 Å². The van der Waals surface area contributed by atoms with Crippen molar-refractivity contribution in [3.05, 3.63) is 0 Å². The van der Waals surface area contributed by atoms with Gasteiger partial charge in [0, 0.05) is 19.7 Å². The van der Waals surface area contributed by atoms with Gasteiger partial charge in [0.25, 0.3) is 0 Å². The number of likely N-dealkylation sites (tertiary alicyclic amines) is 1. The van der Waals surface area contributed by atoms with Crippen molar-refractivity contribution in [1.29, 1.82) is 0 Å². The largest absolute Gasteiger partial charge is 0.396 e. The van der Waals surface area contributed by atoms with Crippen LogP contribution in [0.2, 0.25) is 0 Å². The fourth-order valence-electron chi connectivity index (χ4n) is 2.17. The average Bonchev–Trinajstić information content (AvgIpc) is 2.38. The molecule has 1 rings (SSSR count). The predicted molar refractivity (Wildman–Crippen MR) is 68.9 cm³/mol. The zero-order chi connectivity index (χ0) is 12.3. The lowest BCUT2D eigenvalue weighted by Crippen LogP contribution is -2.41. The molecule has 2 N–H and O–H groups in total. The van der Waals surface area contributed by atoms with E-state index in [1.165, 1.54) is 6.42 Å². The second-order valence-electron chi connectivity index (χ2n) is 4.76. The summed E-state index contributed by atoms with van der Waals surface area (Å²) in [5, 5.41) is 11.8. The topological polar surface area (TPSA) is 52.6 Å². The number of carbonyl (C=O) groups excluding carboxylic acids is 1. The average molecular weight is 242 g/mol. The summed E-state index contributed by atoms with van der Waals surface area (Å²) < 4.78 is 0. The van der Waals surface area contributed by atoms with Crippen molar-refractivity contribution >= 4 is 5.91 Å². The Labute approximate surface area is 104 Å². The Kier molecular flexibility index (Phi) is 8.01. The lowest BCUT2D eigenvalue weighted by atomic mass is 10.1. The van der Waals surface area contributed by atoms with Crippen molar-refractivity contribution in [2.75, 3.05) is 32.8 Å². The highest BCUT2D eigenvalue weighted by atomic mass is 16.2. The van der Waals surface area contributed by atoms with Gasteiger partial charge in [-0.1, -0.05) is 12.8 Å². The molecule has 4 heteroatoms. The Bertz CT molecular complexity index is 204. The first-order valence-corrected chi connectivity index (χ1v) is 6.94. The lowest BCUT2D eigenvalue weighted by molar-refractivity contribution is -0.131. The second-order valence-corrected chi connectivity index (χ2v) is 4.76. The molecule has 0 unspecified atom stereocenters. The fourth-order valence-corrected chi connectivity index (χ4v) is 2.17. The van der Waals surface area contributed by atoms with Crippen LogP contribution in [-0.4, -0.2) is 48.7 Å². The van der Waals surface area contributed by atoms with E-state index in [1.807, 2.05) is 4.90 Å². The number of nitrogens with one attached hydrogen (secondary N) is 1. The van der Waals surface area contributed by atoms with Crippen molar-refractivity contribution in [2.24, 2.45) is 0 Å². The first kappa shape index (κ1) is 14.5. The highest BCUT2D eigenvalue weighted by Crippen LogP contribution is 2.08. The summed E-state index contributed by atoms with van der Waals surface area (Å²) in [6.07, 6.45) is 7.78. The van der Waals surface area contributed by atoms with Gasteiger partial charge in [0.05, 0.1) is 6.54 Å². The van der Waals surface area contributed by atoms with Crippen molar-refractivity contribution in [1.82, 2.24) is 10.2 Å². The molecule has 1 saturated heterocycles. The summed E-state index contributed by atoms with van der Waals surface area (Å²) in [7, 11) is 0. The van der Waals surface area contributed by atoms with Crippen LogP contribution in [0.25, 0.3) is 0 Å². The second kappa shape index (κ2) is 9.42. The van der Waals surface area contributed by atoms with Gasteiger partial charge in [0.1, 0.15) is 0 Å². The van der Waals surface area contributed by atoms with Gasteiger partial charge in [0.2, 0.25) is 5.91 Å². The number of rotatable bonds is 8. The number of aliphatic hydroxyl groups excluding tert-OH is 1. The van der Waals surface area contributed by atoms with Gasteiger partial charge in [0.15, 0.2) is 0 Å². The molecule has 4 nitrogen and oxygen atoms in total. The van der Waals surface area contributed by atoms with E-state index < -0.39 is 0 Å². The van der Waals surface area contributed by atoms with Crippen LogP contribution in [0.15, 0.2) is 0 Å². The smallest absolute Gasteiger partial charge is 0.236 e. The lowest BCUT2D eigenvalue weighted by Gasteiger charge is -2.26. The third-order valence-electron chi connectivity index (χ3n) is 3.25. The molecule has 0 aromatic carbocycles. The maximum Gasteiger partial charge on any atom is 0.236 e. The molecule has 1 heterocycles. The summed E-state index contributed by atoms with van der Waals surface area (Å²) >= 11 is 0. The molecule has 0 bridgehead atoms. The van der Waals surface area contributed by atoms with Crippen molar-refractivity contribution in [2.45, 2.75) is 44.9 Å². The Morgan fingerprint density at radius 3 is 2.47 bits per heavy atom. The monoisotopic (exact) mass is 242 g/mol. The number of hydrogen-bond donors (Lipinski definition) is 2. The fraction of sp³-hybridized carbons (Fsp3) is 0.923. The Hall–Kier alpha value is -0.610. The highest BCUT2D eigenvalue weighted by Gasteiger charge is 2.15. The molecule has 17 heavy (non-hydrogen) atoms. The van der Waals surface area contributed by atoms with Crippen LogP contribution in [-0.2, 0) is 4.79 Å². The van der Waals surface area contributed by atoms with Crippen LogP contribution in [0.1, 0.15) is 44.9 Å². The van der Waals surface area contributed by atoms with Crippen LogP contribution in [0.3, 0.4) is 0 Å². The summed E-state index contributed by atoms with van der Waals surface area (Å²) in [6, 6.07) is 0. The van der Waals surface area contributed by atoms with Crippen molar-refractivity contribution in [3.8, 4) is 0 Å². The molecule has 0 saturated carbocycles. The van der Waals surface area contributed by atoms with E-state index in [4.69, 9.17) is 5.11 Å². The molecule has 0 atom stereocenters. The molecular formula is C13H26N2O2. The van der Waals surface area contributed by atoms with Crippen LogP contribution in [0.4, 0.5) is 0 Å². The maximum atomic E-state index is 11.8. The third kappa shape index (κ3) is 6.64. The summed E-state index contributed by atoms with van der Waals surface area (Å²) in [6.45, 7) is 3.57. The van der Waals surface area contributed by atoms with Crippen LogP contribution < -0.4 is 5.32 Å². The zero-order valence-corrected chi connectivity index (χ0v) is 10.8. The SMILES string of the molecule is O=C(CNCCCCCCO)N1CCCCC1. The van der Waals surface area contributed by atoms with Gasteiger partial charge >= 0.3 is 0 Å². The normalized spacial score (nSPS) is 16.2. The molecule has 0 aromatic rings. The van der Waals surface area contributed by atoms with E-state index in [2.05, 4.69) is 5.32 Å². The Balaban J connectivity index is 1.92. The van der Waals surface area contributed by atoms with Gasteiger partial charge in [-0.05, 0) is 38.6 Å². The first-order valence-electron chi connectivity index (χ1n) is 6.94. The van der Waals surface area contributed by atoms with E-state index in [-0.39, 0.29) is 5.91 Å². The number of aliphatic hydroxyl groups is 1. The van der Waals surface area contributed by atoms with E-state index >= 15 is 0 Å².